The summed E-state index contributed by atoms with van der Waals surface area (Å²) in [6, 6.07) is 0. The molecule has 1 aromatic heterocycles. The fraction of sp³-hybridized carbons (Fsp3) is 0.667. The third-order valence-electron chi connectivity index (χ3n) is 3.29. The van der Waals surface area contributed by atoms with Crippen molar-refractivity contribution in [3.63, 3.8) is 0 Å². The molecule has 2 rings (SSSR count). The Labute approximate surface area is 101 Å². The Bertz CT molecular complexity index is 394. The van der Waals surface area contributed by atoms with Gasteiger partial charge < -0.3 is 4.74 Å². The smallest absolute Gasteiger partial charge is 0.341 e. The number of carbonyl (C=O) groups excluding carboxylic acids is 1. The van der Waals surface area contributed by atoms with Gasteiger partial charge in [0.05, 0.1) is 19.0 Å². The third-order valence-corrected chi connectivity index (χ3v) is 3.29. The first kappa shape index (κ1) is 12.1. The Morgan fingerprint density at radius 2 is 2.12 bits per heavy atom. The van der Waals surface area contributed by atoms with Crippen LogP contribution in [-0.2, 0) is 18.3 Å². The second kappa shape index (κ2) is 5.31. The molecule has 5 nitrogen and oxygen atoms in total. The summed E-state index contributed by atoms with van der Waals surface area (Å²) in [6.07, 6.45) is 5.38. The molecule has 1 aliphatic rings. The first-order chi connectivity index (χ1) is 8.22. The van der Waals surface area contributed by atoms with Crippen LogP contribution in [0.3, 0.4) is 0 Å². The molecule has 0 aromatic carbocycles. The van der Waals surface area contributed by atoms with Crippen molar-refractivity contribution in [2.45, 2.75) is 25.8 Å². The van der Waals surface area contributed by atoms with Gasteiger partial charge in [0.1, 0.15) is 5.56 Å². The molecule has 0 atom stereocenters. The minimum Gasteiger partial charge on any atom is -0.465 e. The molecule has 0 bridgehead atoms. The van der Waals surface area contributed by atoms with E-state index in [1.54, 1.807) is 10.9 Å². The van der Waals surface area contributed by atoms with E-state index in [0.717, 1.165) is 25.3 Å². The Morgan fingerprint density at radius 1 is 1.41 bits per heavy atom. The van der Waals surface area contributed by atoms with E-state index < -0.39 is 0 Å². The van der Waals surface area contributed by atoms with E-state index in [4.69, 9.17) is 4.74 Å². The van der Waals surface area contributed by atoms with Gasteiger partial charge in [0.25, 0.3) is 0 Å². The number of likely N-dealkylation sites (tertiary alicyclic amines) is 1. The summed E-state index contributed by atoms with van der Waals surface area (Å²) in [4.78, 5) is 14.0. The van der Waals surface area contributed by atoms with Gasteiger partial charge in [-0.1, -0.05) is 6.42 Å². The molecule has 1 saturated heterocycles. The normalized spacial score (nSPS) is 17.1. The Kier molecular flexibility index (Phi) is 3.78. The van der Waals surface area contributed by atoms with Gasteiger partial charge >= 0.3 is 5.97 Å². The van der Waals surface area contributed by atoms with Crippen molar-refractivity contribution < 1.29 is 9.53 Å². The molecule has 0 unspecified atom stereocenters. The number of methoxy groups -OCH3 is 1. The Balaban J connectivity index is 2.13. The van der Waals surface area contributed by atoms with Crippen LogP contribution in [0.2, 0.25) is 0 Å². The molecule has 1 fully saturated rings. The minimum atomic E-state index is -0.301. The van der Waals surface area contributed by atoms with E-state index in [1.807, 2.05) is 7.05 Å². The Morgan fingerprint density at radius 3 is 2.76 bits per heavy atom. The number of carbonyl (C=O) groups is 1. The molecule has 1 aliphatic heterocycles. The molecule has 0 radical (unpaired) electrons. The number of esters is 1. The van der Waals surface area contributed by atoms with Gasteiger partial charge in [-0.25, -0.2) is 4.79 Å². The predicted molar refractivity (Wildman–Crippen MR) is 63.7 cm³/mol. The maximum atomic E-state index is 11.6. The Hall–Kier alpha value is -1.36. The molecule has 0 spiro atoms. The van der Waals surface area contributed by atoms with E-state index in [0.29, 0.717) is 5.56 Å². The summed E-state index contributed by atoms with van der Waals surface area (Å²) in [5.74, 6) is -0.301. The largest absolute Gasteiger partial charge is 0.465 e. The number of rotatable bonds is 3. The van der Waals surface area contributed by atoms with Gasteiger partial charge in [-0.2, -0.15) is 5.10 Å². The van der Waals surface area contributed by atoms with Crippen molar-refractivity contribution in [2.75, 3.05) is 20.2 Å². The lowest BCUT2D eigenvalue weighted by molar-refractivity contribution is 0.0597. The monoisotopic (exact) mass is 237 g/mol. The molecule has 0 amide bonds. The van der Waals surface area contributed by atoms with Crippen molar-refractivity contribution in [1.82, 2.24) is 14.7 Å². The van der Waals surface area contributed by atoms with E-state index in [9.17, 15) is 4.79 Å². The van der Waals surface area contributed by atoms with Crippen LogP contribution in [0.4, 0.5) is 0 Å². The standard InChI is InChI=1S/C12H19N3O2/c1-14-11(9-15-6-4-3-5-7-15)10(8-13-14)12(16)17-2/h8H,3-7,9H2,1-2H3. The average molecular weight is 237 g/mol. The molecule has 0 N–H and O–H groups in total. The second-order valence-electron chi connectivity index (χ2n) is 4.46. The zero-order valence-electron chi connectivity index (χ0n) is 10.5. The van der Waals surface area contributed by atoms with Crippen LogP contribution >= 0.6 is 0 Å². The molecular formula is C12H19N3O2. The molecule has 94 valence electrons. The fourth-order valence-electron chi connectivity index (χ4n) is 2.26. The summed E-state index contributed by atoms with van der Waals surface area (Å²) in [7, 11) is 3.27. The molecule has 0 aliphatic carbocycles. The number of nitrogens with zero attached hydrogens (tertiary/aromatic N) is 3. The number of hydrogen-bond donors (Lipinski definition) is 0. The first-order valence-electron chi connectivity index (χ1n) is 6.04. The molecule has 2 heterocycles. The van der Waals surface area contributed by atoms with Crippen LogP contribution in [0, 0.1) is 0 Å². The lowest BCUT2D eigenvalue weighted by Gasteiger charge is -2.26. The highest BCUT2D eigenvalue weighted by Gasteiger charge is 2.19. The van der Waals surface area contributed by atoms with Crippen LogP contribution in [0.25, 0.3) is 0 Å². The van der Waals surface area contributed by atoms with Crippen LogP contribution in [0.1, 0.15) is 35.3 Å². The highest BCUT2D eigenvalue weighted by atomic mass is 16.5. The quantitative estimate of drug-likeness (QED) is 0.741. The SMILES string of the molecule is COC(=O)c1cnn(C)c1CN1CCCCC1. The van der Waals surface area contributed by atoms with Gasteiger partial charge in [-0.05, 0) is 25.9 Å². The summed E-state index contributed by atoms with van der Waals surface area (Å²) >= 11 is 0. The van der Waals surface area contributed by atoms with Gasteiger partial charge in [0.2, 0.25) is 0 Å². The summed E-state index contributed by atoms with van der Waals surface area (Å²) in [5, 5.41) is 4.14. The predicted octanol–water partition coefficient (Wildman–Crippen LogP) is 1.19. The number of ether oxygens (including phenoxy) is 1. The maximum absolute atomic E-state index is 11.6. The van der Waals surface area contributed by atoms with Gasteiger partial charge in [0.15, 0.2) is 0 Å². The van der Waals surface area contributed by atoms with Crippen molar-refractivity contribution in [1.29, 1.82) is 0 Å². The van der Waals surface area contributed by atoms with Crippen LogP contribution < -0.4 is 0 Å². The molecule has 5 heteroatoms. The highest BCUT2D eigenvalue weighted by molar-refractivity contribution is 5.90. The third kappa shape index (κ3) is 2.66. The fourth-order valence-corrected chi connectivity index (χ4v) is 2.26. The number of piperidine rings is 1. The number of hydrogen-bond acceptors (Lipinski definition) is 4. The highest BCUT2D eigenvalue weighted by Crippen LogP contribution is 2.16. The summed E-state index contributed by atoms with van der Waals surface area (Å²) in [5.41, 5.74) is 1.53. The maximum Gasteiger partial charge on any atom is 0.341 e. The lowest BCUT2D eigenvalue weighted by atomic mass is 10.1. The first-order valence-corrected chi connectivity index (χ1v) is 6.04. The van der Waals surface area contributed by atoms with Crippen molar-refractivity contribution in [2.24, 2.45) is 7.05 Å². The second-order valence-corrected chi connectivity index (χ2v) is 4.46. The van der Waals surface area contributed by atoms with Crippen LogP contribution in [-0.4, -0.2) is 40.8 Å². The van der Waals surface area contributed by atoms with E-state index in [2.05, 4.69) is 10.00 Å². The molecule has 17 heavy (non-hydrogen) atoms. The van der Waals surface area contributed by atoms with Crippen molar-refractivity contribution in [3.05, 3.63) is 17.5 Å². The zero-order chi connectivity index (χ0) is 12.3. The van der Waals surface area contributed by atoms with E-state index in [1.165, 1.54) is 26.4 Å². The lowest BCUT2D eigenvalue weighted by Crippen LogP contribution is -2.30. The topological polar surface area (TPSA) is 47.4 Å². The summed E-state index contributed by atoms with van der Waals surface area (Å²) in [6.45, 7) is 2.98. The number of aromatic nitrogens is 2. The van der Waals surface area contributed by atoms with Gasteiger partial charge in [-0.3, -0.25) is 9.58 Å². The van der Waals surface area contributed by atoms with E-state index >= 15 is 0 Å². The number of aryl methyl sites for hydroxylation is 1. The van der Waals surface area contributed by atoms with Crippen molar-refractivity contribution >= 4 is 5.97 Å². The molecular weight excluding hydrogens is 218 g/mol. The average Bonchev–Trinajstić information content (AvgIpc) is 2.72. The van der Waals surface area contributed by atoms with E-state index in [-0.39, 0.29) is 5.97 Å². The van der Waals surface area contributed by atoms with Gasteiger partial charge in [0, 0.05) is 13.6 Å². The zero-order valence-corrected chi connectivity index (χ0v) is 10.5. The van der Waals surface area contributed by atoms with Crippen LogP contribution in [0.5, 0.6) is 0 Å². The summed E-state index contributed by atoms with van der Waals surface area (Å²) < 4.78 is 6.53. The van der Waals surface area contributed by atoms with Gasteiger partial charge in [-0.15, -0.1) is 0 Å². The minimum absolute atomic E-state index is 0.301. The van der Waals surface area contributed by atoms with Crippen molar-refractivity contribution in [3.8, 4) is 0 Å². The van der Waals surface area contributed by atoms with Crippen LogP contribution in [0.15, 0.2) is 6.20 Å². The molecule has 0 saturated carbocycles. The molecule has 1 aromatic rings.